The van der Waals surface area contributed by atoms with Gasteiger partial charge in [-0.1, -0.05) is 42.5 Å². The molecule has 0 unspecified atom stereocenters. The molecule has 1 heterocycles. The zero-order valence-corrected chi connectivity index (χ0v) is 25.3. The predicted octanol–water partition coefficient (Wildman–Crippen LogP) is 5.19. The number of methoxy groups -OCH3 is 1. The van der Waals surface area contributed by atoms with Crippen LogP contribution in [-0.2, 0) is 9.59 Å². The molecule has 0 aliphatic heterocycles. The third-order valence-corrected chi connectivity index (χ3v) is 7.85. The number of hydrogen-bond acceptors (Lipinski definition) is 6. The number of unbranched alkanes of at least 4 members (excludes halogenated alkanes) is 2. The van der Waals surface area contributed by atoms with E-state index in [0.29, 0.717) is 29.3 Å². The Hall–Kier alpha value is -4.86. The maximum absolute atomic E-state index is 13.5. The summed E-state index contributed by atoms with van der Waals surface area (Å²) in [6.07, 6.45) is 6.21. The molecule has 2 aromatic carbocycles. The number of nitrogens with zero attached hydrogens (tertiary/aromatic N) is 2. The number of pyridine rings is 1. The Morgan fingerprint density at radius 1 is 1.16 bits per heavy atom. The fraction of sp³-hybridized carbons (Fsp3) is 0.353. The Morgan fingerprint density at radius 2 is 1.93 bits per heavy atom. The minimum atomic E-state index is -1.43. The first kappa shape index (κ1) is 32.1. The number of rotatable bonds is 16. The Morgan fingerprint density at radius 3 is 2.59 bits per heavy atom. The van der Waals surface area contributed by atoms with E-state index >= 15 is 0 Å². The van der Waals surface area contributed by atoms with Gasteiger partial charge in [-0.05, 0) is 37.8 Å². The average Bonchev–Trinajstić information content (AvgIpc) is 3.76. The van der Waals surface area contributed by atoms with Crippen LogP contribution < -0.4 is 20.1 Å². The number of amides is 3. The van der Waals surface area contributed by atoms with Crippen LogP contribution in [0.1, 0.15) is 32.1 Å². The second-order valence-electron chi connectivity index (χ2n) is 10.9. The first-order chi connectivity index (χ1) is 21.2. The molecule has 4 rings (SSSR count). The highest BCUT2D eigenvalue weighted by Gasteiger charge is 2.60. The molecule has 232 valence electrons. The lowest BCUT2D eigenvalue weighted by molar-refractivity contribution is -0.143. The van der Waals surface area contributed by atoms with Gasteiger partial charge in [-0.3, -0.25) is 4.79 Å². The smallest absolute Gasteiger partial charge is 0.330 e. The number of carbonyl (C=O) groups is 3. The molecule has 10 heteroatoms. The van der Waals surface area contributed by atoms with Gasteiger partial charge >= 0.3 is 12.0 Å². The van der Waals surface area contributed by atoms with E-state index in [4.69, 9.17) is 14.5 Å². The molecule has 44 heavy (non-hydrogen) atoms. The van der Waals surface area contributed by atoms with Crippen LogP contribution >= 0.6 is 0 Å². The summed E-state index contributed by atoms with van der Waals surface area (Å²) < 4.78 is 11.6. The number of ether oxygens (including phenoxy) is 2. The maximum Gasteiger partial charge on any atom is 0.330 e. The molecular weight excluding hydrogens is 560 g/mol. The summed E-state index contributed by atoms with van der Waals surface area (Å²) in [6.45, 7) is 7.96. The van der Waals surface area contributed by atoms with Gasteiger partial charge in [-0.2, -0.15) is 0 Å². The number of fused-ring (bicyclic) bond motifs is 1. The van der Waals surface area contributed by atoms with Gasteiger partial charge in [0.25, 0.3) is 0 Å². The Labute approximate surface area is 257 Å². The molecule has 1 fully saturated rings. The normalized spacial score (nSPS) is 17.6. The van der Waals surface area contributed by atoms with Crippen LogP contribution in [0.25, 0.3) is 22.2 Å². The van der Waals surface area contributed by atoms with Crippen molar-refractivity contribution in [3.05, 3.63) is 79.9 Å². The number of aromatic nitrogens is 1. The van der Waals surface area contributed by atoms with Crippen molar-refractivity contribution in [2.45, 2.75) is 43.7 Å². The second kappa shape index (κ2) is 14.5. The van der Waals surface area contributed by atoms with Crippen molar-refractivity contribution >= 4 is 28.8 Å². The summed E-state index contributed by atoms with van der Waals surface area (Å²) in [6, 6.07) is 15.6. The monoisotopic (exact) mass is 600 g/mol. The molecule has 3 atom stereocenters. The molecule has 0 saturated heterocycles. The zero-order valence-electron chi connectivity index (χ0n) is 25.3. The van der Waals surface area contributed by atoms with Crippen LogP contribution in [0.4, 0.5) is 4.79 Å². The molecule has 0 spiro atoms. The van der Waals surface area contributed by atoms with Crippen molar-refractivity contribution in [1.29, 1.82) is 0 Å². The van der Waals surface area contributed by atoms with Crippen LogP contribution in [0.15, 0.2) is 79.9 Å². The van der Waals surface area contributed by atoms with Gasteiger partial charge in [0.15, 0.2) is 0 Å². The van der Waals surface area contributed by atoms with Crippen LogP contribution in [0.5, 0.6) is 11.5 Å². The lowest BCUT2D eigenvalue weighted by atomic mass is 10.1. The summed E-state index contributed by atoms with van der Waals surface area (Å²) in [5.41, 5.74) is 0.857. The van der Waals surface area contributed by atoms with Crippen molar-refractivity contribution in [2.75, 3.05) is 27.3 Å². The average molecular weight is 601 g/mol. The van der Waals surface area contributed by atoms with E-state index in [1.165, 1.54) is 11.0 Å². The molecule has 1 aromatic heterocycles. The summed E-state index contributed by atoms with van der Waals surface area (Å²) in [5, 5.41) is 16.0. The molecule has 0 bridgehead atoms. The van der Waals surface area contributed by atoms with Crippen LogP contribution in [0, 0.1) is 5.92 Å². The summed E-state index contributed by atoms with van der Waals surface area (Å²) in [4.78, 5) is 44.8. The maximum atomic E-state index is 13.5. The van der Waals surface area contributed by atoms with Crippen molar-refractivity contribution in [1.82, 2.24) is 20.5 Å². The van der Waals surface area contributed by atoms with Crippen molar-refractivity contribution < 1.29 is 29.0 Å². The largest absolute Gasteiger partial charge is 0.497 e. The molecule has 1 saturated carbocycles. The second-order valence-corrected chi connectivity index (χ2v) is 10.9. The number of carboxylic acid groups (broad SMARTS) is 1. The predicted molar refractivity (Wildman–Crippen MR) is 170 cm³/mol. The SMILES string of the molecule is C=CCCCCN(C)C(=O)N[C@@H](CCOc1cc(-c2ccccc2)nc2cc(OC)ccc12)C(=O)N[C@]1(C(=O)O)C[C@H]1C=C. The van der Waals surface area contributed by atoms with Crippen LogP contribution in [0.3, 0.4) is 0 Å². The first-order valence-electron chi connectivity index (χ1n) is 14.7. The van der Waals surface area contributed by atoms with Gasteiger partial charge < -0.3 is 30.1 Å². The van der Waals surface area contributed by atoms with Crippen molar-refractivity contribution in [3.63, 3.8) is 0 Å². The molecule has 1 aliphatic rings. The summed E-state index contributed by atoms with van der Waals surface area (Å²) in [5.74, 6) is -0.913. The van der Waals surface area contributed by atoms with Gasteiger partial charge in [-0.15, -0.1) is 13.2 Å². The van der Waals surface area contributed by atoms with E-state index < -0.39 is 29.5 Å². The third-order valence-electron chi connectivity index (χ3n) is 7.85. The number of hydrogen-bond donors (Lipinski definition) is 3. The van der Waals surface area contributed by atoms with E-state index in [0.717, 1.165) is 30.2 Å². The van der Waals surface area contributed by atoms with E-state index in [-0.39, 0.29) is 25.4 Å². The van der Waals surface area contributed by atoms with Crippen LogP contribution in [-0.4, -0.2) is 71.8 Å². The minimum Gasteiger partial charge on any atom is -0.497 e. The molecule has 1 aliphatic carbocycles. The Kier molecular flexibility index (Phi) is 10.6. The number of aliphatic carboxylic acids is 1. The van der Waals surface area contributed by atoms with Gasteiger partial charge in [0.05, 0.1) is 24.9 Å². The summed E-state index contributed by atoms with van der Waals surface area (Å²) >= 11 is 0. The molecule has 3 amide bonds. The van der Waals surface area contributed by atoms with E-state index in [2.05, 4.69) is 23.8 Å². The van der Waals surface area contributed by atoms with Crippen molar-refractivity contribution in [2.24, 2.45) is 5.92 Å². The van der Waals surface area contributed by atoms with Gasteiger partial charge in [0.2, 0.25) is 5.91 Å². The quantitative estimate of drug-likeness (QED) is 0.152. The molecule has 3 N–H and O–H groups in total. The topological polar surface area (TPSA) is 130 Å². The number of nitrogens with one attached hydrogen (secondary N) is 2. The molecule has 0 radical (unpaired) electrons. The Bertz CT molecular complexity index is 1510. The number of carbonyl (C=O) groups excluding carboxylic acids is 2. The van der Waals surface area contributed by atoms with E-state index in [9.17, 15) is 19.5 Å². The molecule has 10 nitrogen and oxygen atoms in total. The van der Waals surface area contributed by atoms with Gasteiger partial charge in [0, 0.05) is 49.0 Å². The molecule has 3 aromatic rings. The zero-order chi connectivity index (χ0) is 31.7. The first-order valence-corrected chi connectivity index (χ1v) is 14.7. The Balaban J connectivity index is 1.54. The standard InChI is InChI=1S/C34H40N4O6/c1-5-7-8-12-18-38(3)33(42)36-27(31(39)37-34(32(40)41)22-24(34)6-2)17-19-44-30-21-28(23-13-10-9-11-14-23)35-29-20-25(43-4)15-16-26(29)30/h5-6,9-11,13-16,20-21,24,27H,1-2,7-8,12,17-19,22H2,3-4H3,(H,36,42)(H,37,39)(H,40,41)/t24-,27+,34-/m1/s1. The van der Waals surface area contributed by atoms with Gasteiger partial charge in [0.1, 0.15) is 23.1 Å². The highest BCUT2D eigenvalue weighted by atomic mass is 16.5. The number of allylic oxidation sites excluding steroid dienone is 1. The van der Waals surface area contributed by atoms with Crippen molar-refractivity contribution in [3.8, 4) is 22.8 Å². The highest BCUT2D eigenvalue weighted by molar-refractivity contribution is 5.94. The lowest BCUT2D eigenvalue weighted by Gasteiger charge is -2.25. The third kappa shape index (κ3) is 7.55. The summed E-state index contributed by atoms with van der Waals surface area (Å²) in [7, 11) is 3.25. The lowest BCUT2D eigenvalue weighted by Crippen LogP contribution is -2.55. The van der Waals surface area contributed by atoms with Crippen LogP contribution in [0.2, 0.25) is 0 Å². The fourth-order valence-corrected chi connectivity index (χ4v) is 5.06. The fourth-order valence-electron chi connectivity index (χ4n) is 5.06. The number of urea groups is 1. The number of carboxylic acids is 1. The molecular formula is C34H40N4O6. The van der Waals surface area contributed by atoms with E-state index in [1.54, 1.807) is 14.2 Å². The van der Waals surface area contributed by atoms with Gasteiger partial charge in [-0.25, -0.2) is 14.6 Å². The highest BCUT2D eigenvalue weighted by Crippen LogP contribution is 2.44. The van der Waals surface area contributed by atoms with E-state index in [1.807, 2.05) is 60.7 Å². The number of benzene rings is 2. The minimum absolute atomic E-state index is 0.0613.